The minimum absolute atomic E-state index is 0.0417. The summed E-state index contributed by atoms with van der Waals surface area (Å²) in [6, 6.07) is 16.8. The molecule has 0 fully saturated rings. The largest absolute Gasteiger partial charge is 0.497 e. The lowest BCUT2D eigenvalue weighted by Crippen LogP contribution is -2.15. The molecule has 0 aliphatic heterocycles. The number of carboxylic acids is 1. The van der Waals surface area contributed by atoms with Crippen LogP contribution in [0, 0.1) is 0 Å². The van der Waals surface area contributed by atoms with Crippen LogP contribution in [0.2, 0.25) is 0 Å². The first kappa shape index (κ1) is 31.6. The van der Waals surface area contributed by atoms with Gasteiger partial charge in [0.05, 0.1) is 12.7 Å². The van der Waals surface area contributed by atoms with Crippen molar-refractivity contribution in [1.82, 2.24) is 0 Å². The molecule has 0 radical (unpaired) electrons. The second-order valence-corrected chi connectivity index (χ2v) is 7.29. The van der Waals surface area contributed by atoms with E-state index in [4.69, 9.17) is 25.1 Å². The molecular formula is C24H36N2O7. The maximum atomic E-state index is 10.3. The van der Waals surface area contributed by atoms with Gasteiger partial charge in [0.25, 0.3) is 0 Å². The zero-order chi connectivity index (χ0) is 25.7. The van der Waals surface area contributed by atoms with Crippen LogP contribution in [0.5, 0.6) is 5.75 Å². The zero-order valence-electron chi connectivity index (χ0n) is 19.9. The van der Waals surface area contributed by atoms with Crippen molar-refractivity contribution >= 4 is 18.5 Å². The maximum Gasteiger partial charge on any atom is 0.404 e. The van der Waals surface area contributed by atoms with E-state index in [1.54, 1.807) is 14.2 Å². The fourth-order valence-corrected chi connectivity index (χ4v) is 1.77. The molecule has 5 N–H and O–H groups in total. The average molecular weight is 465 g/mol. The SMILES string of the molecule is COC(C)(C)C.COc1ccc(CCC(=O)O)cc1.NC(=O)OCc1ccccc1.NC=O. The van der Waals surface area contributed by atoms with Gasteiger partial charge in [0.2, 0.25) is 6.41 Å². The summed E-state index contributed by atoms with van der Waals surface area (Å²) in [5.74, 6) is 0.0230. The number of hydrogen-bond acceptors (Lipinski definition) is 6. The number of carbonyl (C=O) groups is 3. The Morgan fingerprint density at radius 3 is 1.82 bits per heavy atom. The Bertz CT molecular complexity index is 774. The number of hydrogen-bond donors (Lipinski definition) is 3. The third kappa shape index (κ3) is 22.9. The number of carbonyl (C=O) groups excluding carboxylic acids is 2. The molecule has 0 unspecified atom stereocenters. The van der Waals surface area contributed by atoms with Crippen LogP contribution >= 0.6 is 0 Å². The number of amides is 2. The van der Waals surface area contributed by atoms with Gasteiger partial charge < -0.3 is 30.8 Å². The molecule has 33 heavy (non-hydrogen) atoms. The fraction of sp³-hybridized carbons (Fsp3) is 0.375. The predicted molar refractivity (Wildman–Crippen MR) is 127 cm³/mol. The van der Waals surface area contributed by atoms with Crippen LogP contribution in [0.15, 0.2) is 54.6 Å². The normalized spacial score (nSPS) is 9.36. The van der Waals surface area contributed by atoms with Crippen molar-refractivity contribution in [2.75, 3.05) is 14.2 Å². The Kier molecular flexibility index (Phi) is 18.3. The van der Waals surface area contributed by atoms with Crippen LogP contribution in [-0.2, 0) is 32.1 Å². The van der Waals surface area contributed by atoms with E-state index in [0.29, 0.717) is 6.42 Å². The number of primary amides is 2. The number of rotatable bonds is 6. The number of nitrogens with two attached hydrogens (primary N) is 2. The highest BCUT2D eigenvalue weighted by Crippen LogP contribution is 2.12. The van der Waals surface area contributed by atoms with E-state index in [1.807, 2.05) is 75.4 Å². The molecular weight excluding hydrogens is 428 g/mol. The molecule has 0 saturated carbocycles. The Morgan fingerprint density at radius 2 is 1.45 bits per heavy atom. The molecule has 0 bridgehead atoms. The van der Waals surface area contributed by atoms with Gasteiger partial charge in [-0.2, -0.15) is 0 Å². The highest BCUT2D eigenvalue weighted by molar-refractivity contribution is 5.67. The smallest absolute Gasteiger partial charge is 0.404 e. The fourth-order valence-electron chi connectivity index (χ4n) is 1.77. The van der Waals surface area contributed by atoms with Crippen LogP contribution in [0.25, 0.3) is 0 Å². The monoisotopic (exact) mass is 464 g/mol. The molecule has 9 heteroatoms. The zero-order valence-corrected chi connectivity index (χ0v) is 19.9. The van der Waals surface area contributed by atoms with Gasteiger partial charge in [-0.05, 0) is 50.5 Å². The summed E-state index contributed by atoms with van der Waals surface area (Å²) in [5.41, 5.74) is 10.9. The van der Waals surface area contributed by atoms with Crippen molar-refractivity contribution in [2.24, 2.45) is 11.5 Å². The van der Waals surface area contributed by atoms with Gasteiger partial charge in [-0.3, -0.25) is 9.59 Å². The second kappa shape index (κ2) is 19.1. The van der Waals surface area contributed by atoms with Crippen molar-refractivity contribution in [3.63, 3.8) is 0 Å². The first-order valence-corrected chi connectivity index (χ1v) is 10.00. The summed E-state index contributed by atoms with van der Waals surface area (Å²) in [4.78, 5) is 29.0. The van der Waals surface area contributed by atoms with E-state index >= 15 is 0 Å². The molecule has 2 amide bonds. The average Bonchev–Trinajstić information content (AvgIpc) is 2.78. The summed E-state index contributed by atoms with van der Waals surface area (Å²) in [6.07, 6.45) is 0.250. The Morgan fingerprint density at radius 1 is 0.970 bits per heavy atom. The molecule has 9 nitrogen and oxygen atoms in total. The number of methoxy groups -OCH3 is 2. The highest BCUT2D eigenvalue weighted by atomic mass is 16.5. The van der Waals surface area contributed by atoms with Gasteiger partial charge >= 0.3 is 12.1 Å². The lowest BCUT2D eigenvalue weighted by Gasteiger charge is -2.14. The van der Waals surface area contributed by atoms with Crippen molar-refractivity contribution < 1.29 is 33.7 Å². The van der Waals surface area contributed by atoms with Crippen LogP contribution in [0.4, 0.5) is 4.79 Å². The lowest BCUT2D eigenvalue weighted by atomic mass is 10.1. The van der Waals surface area contributed by atoms with E-state index in [-0.39, 0.29) is 25.0 Å². The van der Waals surface area contributed by atoms with Crippen LogP contribution in [0.3, 0.4) is 0 Å². The molecule has 0 atom stereocenters. The Labute approximate surface area is 195 Å². The third-order valence-electron chi connectivity index (χ3n) is 3.62. The second-order valence-electron chi connectivity index (χ2n) is 7.29. The number of ether oxygens (including phenoxy) is 3. The van der Waals surface area contributed by atoms with Gasteiger partial charge in [-0.1, -0.05) is 42.5 Å². The van der Waals surface area contributed by atoms with Gasteiger partial charge in [0, 0.05) is 13.5 Å². The van der Waals surface area contributed by atoms with Crippen molar-refractivity contribution in [2.45, 2.75) is 45.8 Å². The van der Waals surface area contributed by atoms with Crippen LogP contribution in [-0.4, -0.2) is 43.4 Å². The van der Waals surface area contributed by atoms with E-state index in [0.717, 1.165) is 16.9 Å². The molecule has 2 rings (SSSR count). The third-order valence-corrected chi connectivity index (χ3v) is 3.62. The molecule has 0 aliphatic carbocycles. The first-order chi connectivity index (χ1) is 15.5. The van der Waals surface area contributed by atoms with E-state index in [1.165, 1.54) is 0 Å². The highest BCUT2D eigenvalue weighted by Gasteiger charge is 2.04. The maximum absolute atomic E-state index is 10.3. The number of benzene rings is 2. The van der Waals surface area contributed by atoms with Gasteiger partial charge in [-0.15, -0.1) is 0 Å². The molecule has 0 spiro atoms. The number of carboxylic acid groups (broad SMARTS) is 1. The van der Waals surface area contributed by atoms with Gasteiger partial charge in [0.1, 0.15) is 12.4 Å². The van der Waals surface area contributed by atoms with E-state index in [9.17, 15) is 9.59 Å². The van der Waals surface area contributed by atoms with E-state index < -0.39 is 12.1 Å². The summed E-state index contributed by atoms with van der Waals surface area (Å²) in [7, 11) is 3.31. The standard InChI is InChI=1S/C10H12O3.C8H9NO2.C5H12O.CH3NO/c1-13-9-5-2-8(3-6-9)4-7-10(11)12;9-8(10)11-6-7-4-2-1-3-5-7;1-5(2,3)6-4;2-1-3/h2-3,5-6H,4,7H2,1H3,(H,11,12);1-5H,6H2,(H2,9,10);1-4H3;1H,(H2,2,3). The molecule has 2 aromatic carbocycles. The Hall–Kier alpha value is -3.59. The van der Waals surface area contributed by atoms with Crippen molar-refractivity contribution in [3.8, 4) is 5.75 Å². The van der Waals surface area contributed by atoms with Crippen LogP contribution < -0.4 is 16.2 Å². The quantitative estimate of drug-likeness (QED) is 0.553. The molecule has 184 valence electrons. The molecule has 0 saturated heterocycles. The Balaban J connectivity index is 0. The number of aliphatic carboxylic acids is 1. The topological polar surface area (TPSA) is 151 Å². The summed E-state index contributed by atoms with van der Waals surface area (Å²) < 4.78 is 14.5. The number of aryl methyl sites for hydroxylation is 1. The lowest BCUT2D eigenvalue weighted by molar-refractivity contribution is -0.137. The molecule has 2 aromatic rings. The summed E-state index contributed by atoms with van der Waals surface area (Å²) in [5, 5.41) is 8.45. The molecule has 0 heterocycles. The van der Waals surface area contributed by atoms with Crippen molar-refractivity contribution in [3.05, 3.63) is 65.7 Å². The minimum Gasteiger partial charge on any atom is -0.497 e. The van der Waals surface area contributed by atoms with Crippen molar-refractivity contribution in [1.29, 1.82) is 0 Å². The van der Waals surface area contributed by atoms with E-state index in [2.05, 4.69) is 10.5 Å². The predicted octanol–water partition coefficient (Wildman–Crippen LogP) is 3.53. The summed E-state index contributed by atoms with van der Waals surface area (Å²) in [6.45, 7) is 6.31. The minimum atomic E-state index is -0.768. The molecule has 0 aromatic heterocycles. The summed E-state index contributed by atoms with van der Waals surface area (Å²) >= 11 is 0. The molecule has 0 aliphatic rings. The van der Waals surface area contributed by atoms with Crippen LogP contribution in [0.1, 0.15) is 38.3 Å². The van der Waals surface area contributed by atoms with Gasteiger partial charge in [0.15, 0.2) is 0 Å². The van der Waals surface area contributed by atoms with Gasteiger partial charge in [-0.25, -0.2) is 4.79 Å². The first-order valence-electron chi connectivity index (χ1n) is 10.00.